The molecule has 0 heterocycles. The Kier molecular flexibility index (Phi) is 7.91. The summed E-state index contributed by atoms with van der Waals surface area (Å²) < 4.78 is 10.2. The van der Waals surface area contributed by atoms with Gasteiger partial charge in [0.15, 0.2) is 0 Å². The maximum atomic E-state index is 11.8. The summed E-state index contributed by atoms with van der Waals surface area (Å²) in [7, 11) is 0. The van der Waals surface area contributed by atoms with Crippen LogP contribution in [0.4, 0.5) is 4.79 Å². The summed E-state index contributed by atoms with van der Waals surface area (Å²) in [6, 6.07) is 8.42. The van der Waals surface area contributed by atoms with E-state index < -0.39 is 36.1 Å². The third-order valence-electron chi connectivity index (χ3n) is 3.07. The van der Waals surface area contributed by atoms with Crippen molar-refractivity contribution in [3.63, 3.8) is 0 Å². The summed E-state index contributed by atoms with van der Waals surface area (Å²) in [4.78, 5) is 34.3. The van der Waals surface area contributed by atoms with Crippen molar-refractivity contribution in [2.24, 2.45) is 0 Å². The van der Waals surface area contributed by atoms with Crippen molar-refractivity contribution in [1.29, 1.82) is 0 Å². The smallest absolute Gasteiger partial charge is 0.407 e. The lowest BCUT2D eigenvalue weighted by Crippen LogP contribution is -2.42. The molecule has 0 saturated heterocycles. The number of hydrogen-bond donors (Lipinski definition) is 1. The highest BCUT2D eigenvalue weighted by atomic mass is 16.6. The second-order valence-electron chi connectivity index (χ2n) is 6.60. The number of benzene rings is 1. The van der Waals surface area contributed by atoms with E-state index in [9.17, 15) is 19.5 Å². The fourth-order valence-electron chi connectivity index (χ4n) is 2.00. The van der Waals surface area contributed by atoms with Gasteiger partial charge in [0.25, 0.3) is 0 Å². The minimum absolute atomic E-state index is 0.0272. The summed E-state index contributed by atoms with van der Waals surface area (Å²) >= 11 is 0. The maximum absolute atomic E-state index is 11.8. The first-order valence-corrected chi connectivity index (χ1v) is 8.04. The van der Waals surface area contributed by atoms with Crippen LogP contribution in [-0.2, 0) is 25.7 Å². The third kappa shape index (κ3) is 10.0. The van der Waals surface area contributed by atoms with Gasteiger partial charge in [0.1, 0.15) is 12.2 Å². The van der Waals surface area contributed by atoms with Crippen LogP contribution in [0.15, 0.2) is 30.3 Å². The Labute approximate surface area is 147 Å². The average Bonchev–Trinajstić information content (AvgIpc) is 2.49. The Morgan fingerprint density at radius 1 is 1.16 bits per heavy atom. The van der Waals surface area contributed by atoms with Crippen LogP contribution in [0.5, 0.6) is 0 Å². The van der Waals surface area contributed by atoms with Gasteiger partial charge in [-0.15, -0.1) is 0 Å². The zero-order chi connectivity index (χ0) is 18.9. The summed E-state index contributed by atoms with van der Waals surface area (Å²) in [6.07, 6.45) is -1.07. The quantitative estimate of drug-likeness (QED) is 0.713. The predicted octanol–water partition coefficient (Wildman–Crippen LogP) is 1.54. The normalized spacial score (nSPS) is 12.1. The van der Waals surface area contributed by atoms with Crippen molar-refractivity contribution < 1.29 is 29.0 Å². The number of ether oxygens (including phenoxy) is 2. The van der Waals surface area contributed by atoms with Crippen molar-refractivity contribution in [3.05, 3.63) is 35.9 Å². The Balaban J connectivity index is 2.44. The van der Waals surface area contributed by atoms with Crippen LogP contribution in [0.2, 0.25) is 0 Å². The SMILES string of the molecule is CC(C)(C)OC(=O)N[C@@H](CCC(=O)OCc1ccccc1)CC(=O)[O-]. The number of hydrogen-bond acceptors (Lipinski definition) is 6. The van der Waals surface area contributed by atoms with E-state index in [0.29, 0.717) is 0 Å². The topological polar surface area (TPSA) is 105 Å². The highest BCUT2D eigenvalue weighted by molar-refractivity contribution is 5.72. The van der Waals surface area contributed by atoms with E-state index in [-0.39, 0.29) is 19.4 Å². The van der Waals surface area contributed by atoms with E-state index in [0.717, 1.165) is 5.56 Å². The zero-order valence-electron chi connectivity index (χ0n) is 14.7. The number of carbonyl (C=O) groups excluding carboxylic acids is 3. The molecule has 0 saturated carbocycles. The van der Waals surface area contributed by atoms with Crippen molar-refractivity contribution in [3.8, 4) is 0 Å². The fourth-order valence-corrected chi connectivity index (χ4v) is 2.00. The maximum Gasteiger partial charge on any atom is 0.407 e. The van der Waals surface area contributed by atoms with Gasteiger partial charge in [0, 0.05) is 24.9 Å². The second-order valence-corrected chi connectivity index (χ2v) is 6.60. The molecule has 0 spiro atoms. The van der Waals surface area contributed by atoms with Gasteiger partial charge in [-0.2, -0.15) is 0 Å². The molecule has 1 aromatic carbocycles. The van der Waals surface area contributed by atoms with Crippen LogP contribution in [0.25, 0.3) is 0 Å². The number of aliphatic carboxylic acids is 1. The molecule has 7 heteroatoms. The first-order chi connectivity index (χ1) is 11.7. The van der Waals surface area contributed by atoms with E-state index in [1.165, 1.54) is 0 Å². The van der Waals surface area contributed by atoms with Gasteiger partial charge in [0.2, 0.25) is 0 Å². The number of amides is 1. The van der Waals surface area contributed by atoms with Gasteiger partial charge in [-0.25, -0.2) is 4.79 Å². The third-order valence-corrected chi connectivity index (χ3v) is 3.07. The number of rotatable bonds is 8. The molecule has 1 N–H and O–H groups in total. The number of nitrogens with one attached hydrogen (secondary N) is 1. The summed E-state index contributed by atoms with van der Waals surface area (Å²) in [5.74, 6) is -1.79. The number of esters is 1. The predicted molar refractivity (Wildman–Crippen MR) is 88.3 cm³/mol. The molecular weight excluding hydrogens is 326 g/mol. The molecule has 1 atom stereocenters. The highest BCUT2D eigenvalue weighted by Gasteiger charge is 2.20. The minimum atomic E-state index is -1.32. The molecule has 1 rings (SSSR count). The fraction of sp³-hybridized carbons (Fsp3) is 0.500. The van der Waals surface area contributed by atoms with E-state index in [1.807, 2.05) is 30.3 Å². The van der Waals surface area contributed by atoms with E-state index in [2.05, 4.69) is 5.32 Å². The Morgan fingerprint density at radius 2 is 1.80 bits per heavy atom. The van der Waals surface area contributed by atoms with Crippen LogP contribution in [0.1, 0.15) is 45.6 Å². The summed E-state index contributed by atoms with van der Waals surface area (Å²) in [6.45, 7) is 5.23. The number of alkyl carbamates (subject to hydrolysis) is 1. The van der Waals surface area contributed by atoms with Crippen LogP contribution >= 0.6 is 0 Å². The Morgan fingerprint density at radius 3 is 2.36 bits per heavy atom. The highest BCUT2D eigenvalue weighted by Crippen LogP contribution is 2.10. The molecule has 1 amide bonds. The van der Waals surface area contributed by atoms with Crippen LogP contribution in [0.3, 0.4) is 0 Å². The summed E-state index contributed by atoms with van der Waals surface area (Å²) in [5.41, 5.74) is 0.152. The first kappa shape index (κ1) is 20.5. The van der Waals surface area contributed by atoms with Crippen molar-refractivity contribution in [2.75, 3.05) is 0 Å². The monoisotopic (exact) mass is 350 g/mol. The number of carboxylic acid groups (broad SMARTS) is 1. The lowest BCUT2D eigenvalue weighted by molar-refractivity contribution is -0.306. The molecule has 25 heavy (non-hydrogen) atoms. The van der Waals surface area contributed by atoms with Crippen molar-refractivity contribution >= 4 is 18.0 Å². The first-order valence-electron chi connectivity index (χ1n) is 8.04. The number of carboxylic acids is 1. The average molecular weight is 350 g/mol. The molecule has 7 nitrogen and oxygen atoms in total. The van der Waals surface area contributed by atoms with Gasteiger partial charge in [-0.1, -0.05) is 30.3 Å². The Bertz CT molecular complexity index is 579. The standard InChI is InChI=1S/C18H25NO6/c1-18(2,3)25-17(23)19-14(11-15(20)21)9-10-16(22)24-12-13-7-5-4-6-8-13/h4-8,14H,9-12H2,1-3H3,(H,19,23)(H,20,21)/p-1/t14-/m0/s1. The molecule has 138 valence electrons. The van der Waals surface area contributed by atoms with Gasteiger partial charge in [-0.05, 0) is 32.8 Å². The molecular formula is C18H24NO6-. The minimum Gasteiger partial charge on any atom is -0.550 e. The van der Waals surface area contributed by atoms with Gasteiger partial charge >= 0.3 is 12.1 Å². The largest absolute Gasteiger partial charge is 0.550 e. The molecule has 0 aromatic heterocycles. The van der Waals surface area contributed by atoms with Gasteiger partial charge in [-0.3, -0.25) is 4.79 Å². The van der Waals surface area contributed by atoms with Crippen molar-refractivity contribution in [1.82, 2.24) is 5.32 Å². The lowest BCUT2D eigenvalue weighted by atomic mass is 10.1. The number of carbonyl (C=O) groups is 3. The molecule has 0 fully saturated rings. The molecule has 0 unspecified atom stereocenters. The Hall–Kier alpha value is -2.57. The zero-order valence-corrected chi connectivity index (χ0v) is 14.7. The van der Waals surface area contributed by atoms with E-state index >= 15 is 0 Å². The van der Waals surface area contributed by atoms with Crippen LogP contribution < -0.4 is 10.4 Å². The van der Waals surface area contributed by atoms with Crippen LogP contribution in [-0.4, -0.2) is 29.7 Å². The molecule has 0 aliphatic heterocycles. The van der Waals surface area contributed by atoms with E-state index in [4.69, 9.17) is 9.47 Å². The second kappa shape index (κ2) is 9.66. The molecule has 0 bridgehead atoms. The molecule has 0 radical (unpaired) electrons. The van der Waals surface area contributed by atoms with Crippen LogP contribution in [0, 0.1) is 0 Å². The van der Waals surface area contributed by atoms with Crippen molar-refractivity contribution in [2.45, 2.75) is 58.3 Å². The molecule has 1 aromatic rings. The van der Waals surface area contributed by atoms with E-state index in [1.54, 1.807) is 20.8 Å². The molecule has 0 aliphatic rings. The lowest BCUT2D eigenvalue weighted by Gasteiger charge is -2.23. The molecule has 0 aliphatic carbocycles. The van der Waals surface area contributed by atoms with Gasteiger partial charge < -0.3 is 24.7 Å². The van der Waals surface area contributed by atoms with Gasteiger partial charge in [0.05, 0.1) is 0 Å². The summed E-state index contributed by atoms with van der Waals surface area (Å²) in [5, 5.41) is 13.3.